The van der Waals surface area contributed by atoms with Crippen molar-refractivity contribution in [2.24, 2.45) is 11.8 Å². The molecule has 3 aliphatic heterocycles. The third-order valence-electron chi connectivity index (χ3n) is 6.85. The number of unbranched alkanes of at least 4 members (excludes halogenated alkanes) is 1. The second-order valence-electron chi connectivity index (χ2n) is 8.67. The van der Waals surface area contributed by atoms with Gasteiger partial charge in [-0.2, -0.15) is 0 Å². The van der Waals surface area contributed by atoms with Gasteiger partial charge in [0.25, 0.3) is 5.69 Å². The highest BCUT2D eigenvalue weighted by molar-refractivity contribution is 6.14. The lowest BCUT2D eigenvalue weighted by Crippen LogP contribution is -2.48. The van der Waals surface area contributed by atoms with Crippen LogP contribution in [0.4, 0.5) is 11.4 Å². The molecule has 33 heavy (non-hydrogen) atoms. The summed E-state index contributed by atoms with van der Waals surface area (Å²) in [5, 5.41) is 11.3. The minimum absolute atomic E-state index is 0.160. The van der Waals surface area contributed by atoms with Crippen LogP contribution in [0.3, 0.4) is 0 Å². The van der Waals surface area contributed by atoms with Crippen molar-refractivity contribution in [3.63, 3.8) is 0 Å². The molecule has 0 aromatic heterocycles. The van der Waals surface area contributed by atoms with Gasteiger partial charge in [0.2, 0.25) is 11.8 Å². The summed E-state index contributed by atoms with van der Waals surface area (Å²) < 4.78 is 0. The molecule has 4 atom stereocenters. The molecule has 3 aliphatic rings. The number of ketones is 1. The number of imide groups is 1. The maximum absolute atomic E-state index is 13.8. The molecule has 8 nitrogen and oxygen atoms in total. The molecule has 0 spiro atoms. The van der Waals surface area contributed by atoms with E-state index in [2.05, 4.69) is 0 Å². The molecule has 2 aromatic carbocycles. The maximum Gasteiger partial charge on any atom is 0.270 e. The van der Waals surface area contributed by atoms with Gasteiger partial charge in [0.1, 0.15) is 6.04 Å². The second-order valence-corrected chi connectivity index (χ2v) is 8.67. The lowest BCUT2D eigenvalue weighted by Gasteiger charge is -2.36. The van der Waals surface area contributed by atoms with E-state index in [0.29, 0.717) is 13.0 Å². The Morgan fingerprint density at radius 3 is 2.58 bits per heavy atom. The van der Waals surface area contributed by atoms with Gasteiger partial charge in [-0.3, -0.25) is 29.4 Å². The van der Waals surface area contributed by atoms with Crippen LogP contribution < -0.4 is 4.90 Å². The number of nitrogens with zero attached hydrogens (tertiary/aromatic N) is 3. The standard InChI is InChI=1S/C25H23N3O5/c1-2-3-13-26-24(30)20-19-12-11-15-7-4-5-10-18(15)27(19)22(21(20)25(26)31)23(29)16-8-6-9-17(14-16)28(32)33/h4-12,14,19-22H,2-3,13H2,1H3/t19-,20+,21-,22-/m1/s1. The number of para-hydroxylation sites is 1. The van der Waals surface area contributed by atoms with Gasteiger partial charge >= 0.3 is 0 Å². The van der Waals surface area contributed by atoms with Gasteiger partial charge in [-0.1, -0.05) is 55.8 Å². The summed E-state index contributed by atoms with van der Waals surface area (Å²) in [6, 6.07) is 11.8. The lowest BCUT2D eigenvalue weighted by molar-refractivity contribution is -0.384. The molecule has 2 aromatic rings. The van der Waals surface area contributed by atoms with Crippen molar-refractivity contribution in [2.75, 3.05) is 11.4 Å². The highest BCUT2D eigenvalue weighted by Gasteiger charge is 2.63. The zero-order chi connectivity index (χ0) is 23.3. The van der Waals surface area contributed by atoms with Crippen molar-refractivity contribution in [3.05, 3.63) is 75.8 Å². The van der Waals surface area contributed by atoms with Crippen LogP contribution in [-0.2, 0) is 9.59 Å². The lowest BCUT2D eigenvalue weighted by atomic mass is 9.86. The predicted molar refractivity (Wildman–Crippen MR) is 122 cm³/mol. The van der Waals surface area contributed by atoms with E-state index >= 15 is 0 Å². The molecule has 0 unspecified atom stereocenters. The number of hydrogen-bond donors (Lipinski definition) is 0. The van der Waals surface area contributed by atoms with E-state index in [-0.39, 0.29) is 28.8 Å². The number of non-ortho nitro benzene ring substituents is 1. The predicted octanol–water partition coefficient (Wildman–Crippen LogP) is 3.46. The van der Waals surface area contributed by atoms with Crippen LogP contribution in [0, 0.1) is 22.0 Å². The fourth-order valence-corrected chi connectivity index (χ4v) is 5.36. The molecule has 0 radical (unpaired) electrons. The fraction of sp³-hybridized carbons (Fsp3) is 0.320. The summed E-state index contributed by atoms with van der Waals surface area (Å²) in [4.78, 5) is 54.6. The summed E-state index contributed by atoms with van der Waals surface area (Å²) in [7, 11) is 0. The van der Waals surface area contributed by atoms with Crippen LogP contribution in [0.25, 0.3) is 6.08 Å². The maximum atomic E-state index is 13.8. The van der Waals surface area contributed by atoms with Crippen molar-refractivity contribution in [1.82, 2.24) is 4.90 Å². The summed E-state index contributed by atoms with van der Waals surface area (Å²) in [6.07, 6.45) is 5.37. The Morgan fingerprint density at radius 2 is 1.82 bits per heavy atom. The number of nitro groups is 1. The number of nitro benzene ring substituents is 1. The number of anilines is 1. The van der Waals surface area contributed by atoms with Crippen molar-refractivity contribution < 1.29 is 19.3 Å². The minimum atomic E-state index is -0.920. The largest absolute Gasteiger partial charge is 0.352 e. The smallest absolute Gasteiger partial charge is 0.270 e. The first-order chi connectivity index (χ1) is 15.9. The number of amides is 2. The van der Waals surface area contributed by atoms with Gasteiger partial charge in [-0.05, 0) is 18.1 Å². The molecular weight excluding hydrogens is 422 g/mol. The number of rotatable bonds is 6. The van der Waals surface area contributed by atoms with Gasteiger partial charge in [-0.15, -0.1) is 0 Å². The molecule has 5 rings (SSSR count). The Bertz CT molecular complexity index is 1210. The van der Waals surface area contributed by atoms with Crippen molar-refractivity contribution in [3.8, 4) is 0 Å². The zero-order valence-electron chi connectivity index (χ0n) is 18.1. The minimum Gasteiger partial charge on any atom is -0.352 e. The van der Waals surface area contributed by atoms with E-state index in [1.807, 2.05) is 48.2 Å². The van der Waals surface area contributed by atoms with Gasteiger partial charge in [-0.25, -0.2) is 0 Å². The van der Waals surface area contributed by atoms with Crippen LogP contribution in [0.2, 0.25) is 0 Å². The third kappa shape index (κ3) is 3.16. The van der Waals surface area contributed by atoms with E-state index in [4.69, 9.17) is 0 Å². The highest BCUT2D eigenvalue weighted by atomic mass is 16.6. The average molecular weight is 445 g/mol. The monoisotopic (exact) mass is 445 g/mol. The first kappa shape index (κ1) is 21.1. The number of carbonyl (C=O) groups is 3. The molecule has 2 fully saturated rings. The van der Waals surface area contributed by atoms with Gasteiger partial charge in [0.05, 0.1) is 22.8 Å². The Kier molecular flexibility index (Phi) is 5.08. The van der Waals surface area contributed by atoms with Crippen LogP contribution in [-0.4, -0.2) is 46.0 Å². The first-order valence-electron chi connectivity index (χ1n) is 11.1. The third-order valence-corrected chi connectivity index (χ3v) is 6.85. The van der Waals surface area contributed by atoms with Crippen molar-refractivity contribution in [1.29, 1.82) is 0 Å². The number of Topliss-reactive ketones (excluding diaryl/α,β-unsaturated/α-hetero) is 1. The number of fused-ring (bicyclic) bond motifs is 5. The van der Waals surface area contributed by atoms with E-state index in [1.54, 1.807) is 0 Å². The molecule has 168 valence electrons. The number of benzene rings is 2. The first-order valence-corrected chi connectivity index (χ1v) is 11.1. The van der Waals surface area contributed by atoms with Gasteiger partial charge in [0, 0.05) is 29.9 Å². The molecule has 8 heteroatoms. The number of likely N-dealkylation sites (tertiary alicyclic amines) is 1. The second kappa shape index (κ2) is 7.95. The van der Waals surface area contributed by atoms with Crippen LogP contribution in [0.15, 0.2) is 54.6 Å². The Balaban J connectivity index is 1.62. The fourth-order valence-electron chi connectivity index (χ4n) is 5.36. The molecule has 3 heterocycles. The SMILES string of the molecule is CCCCN1C(=O)[C@@H]2[C@@H](C1=O)[C@H](C(=O)c1cccc([N+](=O)[O-])c1)N1c3ccccc3C=C[C@H]21. The average Bonchev–Trinajstić information content (AvgIpc) is 3.30. The van der Waals surface area contributed by atoms with Crippen LogP contribution >= 0.6 is 0 Å². The van der Waals surface area contributed by atoms with Crippen LogP contribution in [0.5, 0.6) is 0 Å². The normalized spacial score (nSPS) is 25.1. The zero-order valence-corrected chi connectivity index (χ0v) is 18.1. The van der Waals surface area contributed by atoms with Gasteiger partial charge in [0.15, 0.2) is 5.78 Å². The molecule has 0 bridgehead atoms. The van der Waals surface area contributed by atoms with Crippen molar-refractivity contribution >= 4 is 35.0 Å². The molecule has 0 N–H and O–H groups in total. The van der Waals surface area contributed by atoms with Crippen molar-refractivity contribution in [2.45, 2.75) is 31.8 Å². The summed E-state index contributed by atoms with van der Waals surface area (Å²) in [6.45, 7) is 2.33. The van der Waals surface area contributed by atoms with Crippen LogP contribution in [0.1, 0.15) is 35.7 Å². The molecule has 2 saturated heterocycles. The van der Waals surface area contributed by atoms with E-state index < -0.39 is 28.8 Å². The topological polar surface area (TPSA) is 101 Å². The number of carbonyl (C=O) groups excluding carboxylic acids is 3. The summed E-state index contributed by atoms with van der Waals surface area (Å²) in [5.74, 6) is -2.46. The van der Waals surface area contributed by atoms with E-state index in [1.165, 1.54) is 29.2 Å². The quantitative estimate of drug-likeness (QED) is 0.292. The molecule has 0 aliphatic carbocycles. The Labute approximate surface area is 190 Å². The van der Waals surface area contributed by atoms with Gasteiger partial charge < -0.3 is 4.90 Å². The Morgan fingerprint density at radius 1 is 1.06 bits per heavy atom. The summed E-state index contributed by atoms with van der Waals surface area (Å²) in [5.41, 5.74) is 1.65. The molecule has 2 amide bonds. The molecule has 0 saturated carbocycles. The number of hydrogen-bond acceptors (Lipinski definition) is 6. The highest BCUT2D eigenvalue weighted by Crippen LogP contribution is 2.49. The van der Waals surface area contributed by atoms with E-state index in [0.717, 1.165) is 17.7 Å². The summed E-state index contributed by atoms with van der Waals surface area (Å²) >= 11 is 0. The van der Waals surface area contributed by atoms with E-state index in [9.17, 15) is 24.5 Å². The Hall–Kier alpha value is -3.81. The molecular formula is C25H23N3O5.